The van der Waals surface area contributed by atoms with Crippen LogP contribution in [-0.4, -0.2) is 27.1 Å². The monoisotopic (exact) mass is 305 g/mol. The maximum absolute atomic E-state index is 6.30. The number of imidazole rings is 1. The fourth-order valence-corrected chi connectivity index (χ4v) is 3.53. The lowest BCUT2D eigenvalue weighted by molar-refractivity contribution is 0.619. The zero-order chi connectivity index (χ0) is 15.2. The van der Waals surface area contributed by atoms with E-state index in [1.807, 2.05) is 17.8 Å². The molecule has 0 amide bonds. The van der Waals surface area contributed by atoms with Crippen molar-refractivity contribution in [3.63, 3.8) is 0 Å². The molecular weight excluding hydrogens is 278 g/mol. The molecule has 21 heavy (non-hydrogen) atoms. The van der Waals surface area contributed by atoms with Crippen LogP contribution in [-0.2, 0) is 13.0 Å². The van der Waals surface area contributed by atoms with Crippen LogP contribution in [0.2, 0.25) is 0 Å². The molecule has 0 saturated heterocycles. The van der Waals surface area contributed by atoms with Gasteiger partial charge in [-0.3, -0.25) is 0 Å². The molecule has 4 heteroatoms. The first-order valence-corrected chi connectivity index (χ1v) is 9.04. The van der Waals surface area contributed by atoms with Crippen molar-refractivity contribution >= 4 is 22.8 Å². The lowest BCUT2D eigenvalue weighted by Gasteiger charge is -2.13. The second-order valence-electron chi connectivity index (χ2n) is 6.06. The standard InChI is InChI=1S/C17H27N3S/c1-4-9-20-16-8-6-5-7-15(16)19-17(20)10-14(18)12-21-11-13(2)3/h5-8,13-14H,4,9-12,18H2,1-3H3. The summed E-state index contributed by atoms with van der Waals surface area (Å²) in [6.45, 7) is 7.72. The molecule has 0 fully saturated rings. The van der Waals surface area contributed by atoms with Gasteiger partial charge in [0.1, 0.15) is 5.82 Å². The van der Waals surface area contributed by atoms with E-state index in [-0.39, 0.29) is 6.04 Å². The number of hydrogen-bond acceptors (Lipinski definition) is 3. The summed E-state index contributed by atoms with van der Waals surface area (Å²) >= 11 is 1.95. The summed E-state index contributed by atoms with van der Waals surface area (Å²) in [7, 11) is 0. The van der Waals surface area contributed by atoms with Crippen LogP contribution in [0.15, 0.2) is 24.3 Å². The zero-order valence-electron chi connectivity index (χ0n) is 13.4. The molecule has 0 aliphatic heterocycles. The number of rotatable bonds is 8. The van der Waals surface area contributed by atoms with E-state index in [0.717, 1.165) is 42.4 Å². The number of aryl methyl sites for hydroxylation is 1. The average molecular weight is 305 g/mol. The molecule has 1 aromatic heterocycles. The molecule has 1 unspecified atom stereocenters. The van der Waals surface area contributed by atoms with Gasteiger partial charge in [0.15, 0.2) is 0 Å². The molecule has 0 saturated carbocycles. The lowest BCUT2D eigenvalue weighted by atomic mass is 10.2. The minimum Gasteiger partial charge on any atom is -0.328 e. The summed E-state index contributed by atoms with van der Waals surface area (Å²) < 4.78 is 2.34. The van der Waals surface area contributed by atoms with Crippen LogP contribution in [0.4, 0.5) is 0 Å². The number of thioether (sulfide) groups is 1. The van der Waals surface area contributed by atoms with Crippen molar-refractivity contribution in [3.8, 4) is 0 Å². The molecule has 1 heterocycles. The summed E-state index contributed by atoms with van der Waals surface area (Å²) in [4.78, 5) is 4.79. The fraction of sp³-hybridized carbons (Fsp3) is 0.588. The number of para-hydroxylation sites is 2. The summed E-state index contributed by atoms with van der Waals surface area (Å²) in [6, 6.07) is 8.55. The van der Waals surface area contributed by atoms with Crippen LogP contribution in [0, 0.1) is 5.92 Å². The minimum absolute atomic E-state index is 0.182. The van der Waals surface area contributed by atoms with Crippen LogP contribution in [0.25, 0.3) is 11.0 Å². The van der Waals surface area contributed by atoms with E-state index >= 15 is 0 Å². The first kappa shape index (κ1) is 16.4. The van der Waals surface area contributed by atoms with Gasteiger partial charge in [-0.25, -0.2) is 4.98 Å². The Morgan fingerprint density at radius 3 is 2.71 bits per heavy atom. The molecule has 0 aliphatic rings. The predicted octanol–water partition coefficient (Wildman–Crippen LogP) is 3.71. The summed E-state index contributed by atoms with van der Waals surface area (Å²) in [5.41, 5.74) is 8.62. The van der Waals surface area contributed by atoms with Gasteiger partial charge < -0.3 is 10.3 Å². The van der Waals surface area contributed by atoms with E-state index in [1.165, 1.54) is 11.3 Å². The zero-order valence-corrected chi connectivity index (χ0v) is 14.2. The van der Waals surface area contributed by atoms with Gasteiger partial charge in [0.2, 0.25) is 0 Å². The molecule has 3 nitrogen and oxygen atoms in total. The quantitative estimate of drug-likeness (QED) is 0.808. The number of nitrogens with two attached hydrogens (primary N) is 1. The van der Waals surface area contributed by atoms with Crippen molar-refractivity contribution < 1.29 is 0 Å². The summed E-state index contributed by atoms with van der Waals surface area (Å²) in [5.74, 6) is 4.05. The number of aromatic nitrogens is 2. The van der Waals surface area contributed by atoms with Crippen LogP contribution >= 0.6 is 11.8 Å². The van der Waals surface area contributed by atoms with E-state index < -0.39 is 0 Å². The van der Waals surface area contributed by atoms with E-state index in [9.17, 15) is 0 Å². The van der Waals surface area contributed by atoms with Gasteiger partial charge in [-0.15, -0.1) is 0 Å². The minimum atomic E-state index is 0.182. The Morgan fingerprint density at radius 2 is 2.00 bits per heavy atom. The first-order valence-electron chi connectivity index (χ1n) is 7.89. The largest absolute Gasteiger partial charge is 0.328 e. The van der Waals surface area contributed by atoms with Crippen molar-refractivity contribution in [1.29, 1.82) is 0 Å². The predicted molar refractivity (Wildman–Crippen MR) is 93.9 cm³/mol. The number of benzene rings is 1. The van der Waals surface area contributed by atoms with Crippen molar-refractivity contribution in [2.75, 3.05) is 11.5 Å². The highest BCUT2D eigenvalue weighted by atomic mass is 32.2. The highest BCUT2D eigenvalue weighted by Crippen LogP contribution is 2.18. The summed E-state index contributed by atoms with van der Waals surface area (Å²) in [6.07, 6.45) is 1.98. The Hall–Kier alpha value is -1.00. The van der Waals surface area contributed by atoms with Gasteiger partial charge in [-0.05, 0) is 30.2 Å². The van der Waals surface area contributed by atoms with E-state index in [1.54, 1.807) is 0 Å². The molecule has 2 rings (SSSR count). The third-order valence-corrected chi connectivity index (χ3v) is 4.97. The Bertz CT molecular complexity index is 562. The fourth-order valence-electron chi connectivity index (χ4n) is 2.50. The molecule has 0 radical (unpaired) electrons. The molecule has 0 bridgehead atoms. The van der Waals surface area contributed by atoms with Crippen molar-refractivity contribution in [3.05, 3.63) is 30.1 Å². The Labute approximate surface area is 132 Å². The molecule has 0 aliphatic carbocycles. The second-order valence-corrected chi connectivity index (χ2v) is 7.14. The third-order valence-electron chi connectivity index (χ3n) is 3.41. The SMILES string of the molecule is CCCn1c(CC(N)CSCC(C)C)nc2ccccc21. The lowest BCUT2D eigenvalue weighted by Crippen LogP contribution is -2.27. The second kappa shape index (κ2) is 7.85. The molecule has 116 valence electrons. The van der Waals surface area contributed by atoms with Gasteiger partial charge >= 0.3 is 0 Å². The van der Waals surface area contributed by atoms with Gasteiger partial charge in [-0.2, -0.15) is 11.8 Å². The maximum Gasteiger partial charge on any atom is 0.111 e. The van der Waals surface area contributed by atoms with Crippen LogP contribution < -0.4 is 5.73 Å². The van der Waals surface area contributed by atoms with Crippen LogP contribution in [0.1, 0.15) is 33.0 Å². The molecule has 2 aromatic rings. The van der Waals surface area contributed by atoms with Gasteiger partial charge in [-0.1, -0.05) is 32.9 Å². The molecular formula is C17H27N3S. The van der Waals surface area contributed by atoms with E-state index in [2.05, 4.69) is 43.5 Å². The van der Waals surface area contributed by atoms with Crippen LogP contribution in [0.3, 0.4) is 0 Å². The van der Waals surface area contributed by atoms with Crippen molar-refractivity contribution in [2.45, 2.75) is 46.2 Å². The number of hydrogen-bond donors (Lipinski definition) is 1. The van der Waals surface area contributed by atoms with E-state index in [0.29, 0.717) is 0 Å². The van der Waals surface area contributed by atoms with Crippen LogP contribution in [0.5, 0.6) is 0 Å². The van der Waals surface area contributed by atoms with Gasteiger partial charge in [0.25, 0.3) is 0 Å². The number of nitrogens with zero attached hydrogens (tertiary/aromatic N) is 2. The normalized spacial score (nSPS) is 13.2. The average Bonchev–Trinajstić information content (AvgIpc) is 2.77. The highest BCUT2D eigenvalue weighted by Gasteiger charge is 2.13. The molecule has 0 spiro atoms. The molecule has 2 N–H and O–H groups in total. The smallest absolute Gasteiger partial charge is 0.111 e. The van der Waals surface area contributed by atoms with Crippen molar-refractivity contribution in [2.24, 2.45) is 11.7 Å². The third kappa shape index (κ3) is 4.48. The maximum atomic E-state index is 6.30. The van der Waals surface area contributed by atoms with Crippen molar-refractivity contribution in [1.82, 2.24) is 9.55 Å². The van der Waals surface area contributed by atoms with Gasteiger partial charge in [0, 0.05) is 24.8 Å². The van der Waals surface area contributed by atoms with Gasteiger partial charge in [0.05, 0.1) is 11.0 Å². The first-order chi connectivity index (χ1) is 10.1. The topological polar surface area (TPSA) is 43.8 Å². The highest BCUT2D eigenvalue weighted by molar-refractivity contribution is 7.99. The number of fused-ring (bicyclic) bond motifs is 1. The van der Waals surface area contributed by atoms with E-state index in [4.69, 9.17) is 10.7 Å². The molecule has 1 aromatic carbocycles. The Morgan fingerprint density at radius 1 is 1.24 bits per heavy atom. The summed E-state index contributed by atoms with van der Waals surface area (Å²) in [5, 5.41) is 0. The Balaban J connectivity index is 2.08. The Kier molecular flexibility index (Phi) is 6.12. The molecule has 1 atom stereocenters.